The minimum atomic E-state index is -4.53. The number of hydrogen-bond donors (Lipinski definition) is 0. The summed E-state index contributed by atoms with van der Waals surface area (Å²) in [6.07, 6.45) is 1.07. The van der Waals surface area contributed by atoms with E-state index in [1.165, 1.54) is 6.07 Å². The van der Waals surface area contributed by atoms with E-state index >= 15 is 0 Å². The second-order valence-corrected chi connectivity index (χ2v) is 8.37. The van der Waals surface area contributed by atoms with Gasteiger partial charge < -0.3 is 4.90 Å². The number of halogens is 4. The van der Waals surface area contributed by atoms with Gasteiger partial charge in [0.05, 0.1) is 5.56 Å². The molecule has 2 heterocycles. The summed E-state index contributed by atoms with van der Waals surface area (Å²) in [7, 11) is 0. The maximum absolute atomic E-state index is 14.2. The van der Waals surface area contributed by atoms with Crippen molar-refractivity contribution in [3.05, 3.63) is 35.1 Å². The Kier molecular flexibility index (Phi) is 4.69. The Bertz CT molecular complexity index is 731. The van der Waals surface area contributed by atoms with Gasteiger partial charge in [0.2, 0.25) is 5.91 Å². The number of hydrogen-bond acceptors (Lipinski definition) is 2. The number of rotatable bonds is 3. The quantitative estimate of drug-likeness (QED) is 0.729. The van der Waals surface area contributed by atoms with E-state index in [-0.39, 0.29) is 11.3 Å². The van der Waals surface area contributed by atoms with Gasteiger partial charge in [0.15, 0.2) is 0 Å². The van der Waals surface area contributed by atoms with Gasteiger partial charge in [0.25, 0.3) is 0 Å². The van der Waals surface area contributed by atoms with Crippen molar-refractivity contribution in [2.75, 3.05) is 19.6 Å². The van der Waals surface area contributed by atoms with Crippen molar-refractivity contribution < 1.29 is 22.4 Å². The number of alkyl halides is 3. The third-order valence-electron chi connectivity index (χ3n) is 6.20. The van der Waals surface area contributed by atoms with Crippen LogP contribution in [0, 0.1) is 11.2 Å². The van der Waals surface area contributed by atoms with Crippen LogP contribution in [0.25, 0.3) is 0 Å². The molecule has 1 atom stereocenters. The molecule has 1 aromatic carbocycles. The van der Waals surface area contributed by atoms with Crippen molar-refractivity contribution in [2.45, 2.75) is 57.3 Å². The average Bonchev–Trinajstić information content (AvgIpc) is 3.43. The van der Waals surface area contributed by atoms with Gasteiger partial charge in [-0.3, -0.25) is 9.69 Å². The fourth-order valence-electron chi connectivity index (χ4n) is 4.63. The zero-order chi connectivity index (χ0) is 19.2. The molecule has 1 spiro atoms. The fraction of sp³-hybridized carbons (Fsp3) is 0.650. The summed E-state index contributed by atoms with van der Waals surface area (Å²) in [6, 6.07) is 3.19. The van der Waals surface area contributed by atoms with Gasteiger partial charge in [-0.25, -0.2) is 4.39 Å². The van der Waals surface area contributed by atoms with Gasteiger partial charge in [-0.05, 0) is 50.8 Å². The molecule has 3 nitrogen and oxygen atoms in total. The molecule has 27 heavy (non-hydrogen) atoms. The highest BCUT2D eigenvalue weighted by Gasteiger charge is 2.45. The minimum Gasteiger partial charge on any atom is -0.339 e. The summed E-state index contributed by atoms with van der Waals surface area (Å²) >= 11 is 0. The maximum atomic E-state index is 14.2. The largest absolute Gasteiger partial charge is 0.416 e. The molecule has 0 radical (unpaired) electrons. The van der Waals surface area contributed by atoms with Crippen LogP contribution in [0.4, 0.5) is 17.6 Å². The Hall–Kier alpha value is -1.63. The molecule has 7 heteroatoms. The minimum absolute atomic E-state index is 0.0388. The van der Waals surface area contributed by atoms with Crippen molar-refractivity contribution in [1.82, 2.24) is 9.80 Å². The van der Waals surface area contributed by atoms with Crippen LogP contribution in [0.15, 0.2) is 18.2 Å². The summed E-state index contributed by atoms with van der Waals surface area (Å²) in [5.74, 6) is -0.558. The molecule has 1 amide bonds. The van der Waals surface area contributed by atoms with E-state index in [1.54, 1.807) is 0 Å². The molecule has 3 aliphatic rings. The SMILES string of the molecule is O=C1CC[C@@]2(CCCN(Cc3ccc(C(F)(F)F)cc3F)C2)CN1C1CC1. The Morgan fingerprint density at radius 2 is 1.93 bits per heavy atom. The van der Waals surface area contributed by atoms with Gasteiger partial charge in [-0.2, -0.15) is 13.2 Å². The molecular formula is C20H24F4N2O. The standard InChI is InChI=1S/C20H24F4N2O/c21-17-10-15(20(22,23)24)3-2-14(17)11-25-9-1-7-19(12-25)8-6-18(27)26(13-19)16-4-5-16/h2-3,10,16H,1,4-9,11-13H2/t19-/m1/s1. The number of carbonyl (C=O) groups is 1. The van der Waals surface area contributed by atoms with Gasteiger partial charge in [-0.15, -0.1) is 0 Å². The van der Waals surface area contributed by atoms with Crippen molar-refractivity contribution in [2.24, 2.45) is 5.41 Å². The molecule has 2 saturated heterocycles. The number of piperidine rings is 2. The molecule has 0 N–H and O–H groups in total. The molecule has 2 aliphatic heterocycles. The Morgan fingerprint density at radius 1 is 1.15 bits per heavy atom. The lowest BCUT2D eigenvalue weighted by Gasteiger charge is -2.48. The third-order valence-corrected chi connectivity index (χ3v) is 6.20. The van der Waals surface area contributed by atoms with E-state index in [1.807, 2.05) is 4.90 Å². The summed E-state index contributed by atoms with van der Waals surface area (Å²) in [5.41, 5.74) is -0.618. The van der Waals surface area contributed by atoms with Gasteiger partial charge in [0.1, 0.15) is 5.82 Å². The molecule has 1 saturated carbocycles. The van der Waals surface area contributed by atoms with Crippen molar-refractivity contribution >= 4 is 5.91 Å². The third kappa shape index (κ3) is 3.98. The Labute approximate surface area is 156 Å². The molecule has 0 bridgehead atoms. The van der Waals surface area contributed by atoms with Gasteiger partial charge in [-0.1, -0.05) is 6.07 Å². The molecule has 3 fully saturated rings. The first-order chi connectivity index (χ1) is 12.8. The molecular weight excluding hydrogens is 360 g/mol. The second-order valence-electron chi connectivity index (χ2n) is 8.37. The van der Waals surface area contributed by atoms with Crippen molar-refractivity contribution in [1.29, 1.82) is 0 Å². The second kappa shape index (κ2) is 6.76. The lowest BCUT2D eigenvalue weighted by Crippen LogP contribution is -2.54. The Balaban J connectivity index is 1.45. The lowest BCUT2D eigenvalue weighted by molar-refractivity contribution is -0.140. The van der Waals surface area contributed by atoms with E-state index in [4.69, 9.17) is 0 Å². The van der Waals surface area contributed by atoms with Crippen LogP contribution < -0.4 is 0 Å². The van der Waals surface area contributed by atoms with E-state index < -0.39 is 17.6 Å². The maximum Gasteiger partial charge on any atom is 0.416 e. The van der Waals surface area contributed by atoms with E-state index in [2.05, 4.69) is 4.90 Å². The van der Waals surface area contributed by atoms with E-state index in [0.29, 0.717) is 30.6 Å². The molecule has 0 unspecified atom stereocenters. The first-order valence-corrected chi connectivity index (χ1v) is 9.63. The molecule has 4 rings (SSSR count). The highest BCUT2D eigenvalue weighted by Crippen LogP contribution is 2.42. The van der Waals surface area contributed by atoms with Crippen LogP contribution in [0.1, 0.15) is 49.7 Å². The van der Waals surface area contributed by atoms with Crippen molar-refractivity contribution in [3.63, 3.8) is 0 Å². The molecule has 1 aromatic rings. The molecule has 1 aliphatic carbocycles. The highest BCUT2D eigenvalue weighted by atomic mass is 19.4. The predicted octanol–water partition coefficient (Wildman–Crippen LogP) is 4.21. The number of amides is 1. The highest BCUT2D eigenvalue weighted by molar-refractivity contribution is 5.78. The van der Waals surface area contributed by atoms with Crippen LogP contribution >= 0.6 is 0 Å². The number of likely N-dealkylation sites (tertiary alicyclic amines) is 2. The van der Waals surface area contributed by atoms with Crippen LogP contribution in [-0.2, 0) is 17.5 Å². The first-order valence-electron chi connectivity index (χ1n) is 9.63. The summed E-state index contributed by atoms with van der Waals surface area (Å²) in [5, 5.41) is 0. The zero-order valence-electron chi connectivity index (χ0n) is 15.2. The van der Waals surface area contributed by atoms with Gasteiger partial charge in [0, 0.05) is 43.1 Å². The smallest absolute Gasteiger partial charge is 0.339 e. The fourth-order valence-corrected chi connectivity index (χ4v) is 4.63. The normalized spacial score (nSPS) is 27.4. The predicted molar refractivity (Wildman–Crippen MR) is 92.3 cm³/mol. The van der Waals surface area contributed by atoms with Crippen LogP contribution in [0.3, 0.4) is 0 Å². The van der Waals surface area contributed by atoms with Crippen LogP contribution in [0.2, 0.25) is 0 Å². The van der Waals surface area contributed by atoms with E-state index in [0.717, 1.165) is 57.8 Å². The monoisotopic (exact) mass is 384 g/mol. The van der Waals surface area contributed by atoms with Crippen LogP contribution in [0.5, 0.6) is 0 Å². The molecule has 148 valence electrons. The zero-order valence-corrected chi connectivity index (χ0v) is 15.2. The average molecular weight is 384 g/mol. The van der Waals surface area contributed by atoms with Gasteiger partial charge >= 0.3 is 6.18 Å². The summed E-state index contributed by atoms with van der Waals surface area (Å²) in [4.78, 5) is 16.4. The van der Waals surface area contributed by atoms with Crippen LogP contribution in [-0.4, -0.2) is 41.4 Å². The van der Waals surface area contributed by atoms with E-state index in [9.17, 15) is 22.4 Å². The summed E-state index contributed by atoms with van der Waals surface area (Å²) in [6.45, 7) is 2.65. The lowest BCUT2D eigenvalue weighted by atomic mass is 9.73. The summed E-state index contributed by atoms with van der Waals surface area (Å²) < 4.78 is 52.4. The van der Waals surface area contributed by atoms with Crippen molar-refractivity contribution in [3.8, 4) is 0 Å². The number of nitrogens with zero attached hydrogens (tertiary/aromatic N) is 2. The topological polar surface area (TPSA) is 23.6 Å². The molecule has 0 aromatic heterocycles. The Morgan fingerprint density at radius 3 is 2.59 bits per heavy atom. The first kappa shape index (κ1) is 18.7. The number of benzene rings is 1. The number of carbonyl (C=O) groups excluding carboxylic acids is 1.